The fraction of sp³-hybridized carbons (Fsp3) is 0.409. The van der Waals surface area contributed by atoms with Crippen LogP contribution in [0.2, 0.25) is 0 Å². The minimum Gasteiger partial charge on any atom is -0.497 e. The Morgan fingerprint density at radius 1 is 1.11 bits per heavy atom. The van der Waals surface area contributed by atoms with Gasteiger partial charge in [-0.25, -0.2) is 0 Å². The van der Waals surface area contributed by atoms with Gasteiger partial charge in [0.25, 0.3) is 0 Å². The van der Waals surface area contributed by atoms with Crippen LogP contribution >= 0.6 is 0 Å². The fourth-order valence-corrected chi connectivity index (χ4v) is 3.67. The first-order chi connectivity index (χ1) is 13.0. The molecule has 3 rings (SSSR count). The van der Waals surface area contributed by atoms with Gasteiger partial charge in [0, 0.05) is 17.3 Å². The Morgan fingerprint density at radius 2 is 1.93 bits per heavy atom. The Morgan fingerprint density at radius 3 is 2.63 bits per heavy atom. The number of carbonyl (C=O) groups excluding carboxylic acids is 1. The molecular weight excluding hydrogens is 340 g/mol. The number of benzene rings is 2. The topological polar surface area (TPSA) is 50.8 Å². The van der Waals surface area contributed by atoms with Crippen LogP contribution in [0.15, 0.2) is 36.4 Å². The van der Waals surface area contributed by atoms with Crippen molar-refractivity contribution < 1.29 is 14.3 Å². The number of hydrogen-bond acceptors (Lipinski definition) is 4. The van der Waals surface area contributed by atoms with E-state index in [2.05, 4.69) is 24.1 Å². The van der Waals surface area contributed by atoms with E-state index in [1.54, 1.807) is 14.2 Å². The first kappa shape index (κ1) is 19.2. The van der Waals surface area contributed by atoms with E-state index >= 15 is 0 Å². The van der Waals surface area contributed by atoms with Crippen molar-refractivity contribution in [2.75, 3.05) is 32.6 Å². The molecule has 0 bridgehead atoms. The van der Waals surface area contributed by atoms with Crippen molar-refractivity contribution in [3.8, 4) is 11.5 Å². The molecule has 0 spiro atoms. The summed E-state index contributed by atoms with van der Waals surface area (Å²) in [5.41, 5.74) is 4.32. The van der Waals surface area contributed by atoms with Crippen molar-refractivity contribution >= 4 is 11.6 Å². The zero-order valence-corrected chi connectivity index (χ0v) is 16.5. The maximum Gasteiger partial charge on any atom is 0.238 e. The zero-order valence-electron chi connectivity index (χ0n) is 16.5. The molecule has 0 aliphatic carbocycles. The lowest BCUT2D eigenvalue weighted by Gasteiger charge is -2.26. The van der Waals surface area contributed by atoms with E-state index in [9.17, 15) is 4.79 Å². The van der Waals surface area contributed by atoms with Crippen molar-refractivity contribution in [3.63, 3.8) is 0 Å². The third-order valence-electron chi connectivity index (χ3n) is 5.30. The summed E-state index contributed by atoms with van der Waals surface area (Å²) in [7, 11) is 3.34. The number of nitrogens with one attached hydrogen (secondary N) is 1. The molecule has 27 heavy (non-hydrogen) atoms. The van der Waals surface area contributed by atoms with Gasteiger partial charge in [-0.1, -0.05) is 6.07 Å². The fourth-order valence-electron chi connectivity index (χ4n) is 3.67. The molecule has 5 nitrogen and oxygen atoms in total. The van der Waals surface area contributed by atoms with Crippen molar-refractivity contribution in [1.29, 1.82) is 0 Å². The first-order valence-corrected chi connectivity index (χ1v) is 9.35. The van der Waals surface area contributed by atoms with Gasteiger partial charge in [-0.2, -0.15) is 0 Å². The predicted molar refractivity (Wildman–Crippen MR) is 108 cm³/mol. The van der Waals surface area contributed by atoms with Crippen molar-refractivity contribution in [3.05, 3.63) is 53.1 Å². The van der Waals surface area contributed by atoms with Gasteiger partial charge in [0.2, 0.25) is 5.91 Å². The minimum absolute atomic E-state index is 0.00650. The van der Waals surface area contributed by atoms with Crippen LogP contribution in [0.25, 0.3) is 0 Å². The van der Waals surface area contributed by atoms with Crippen LogP contribution in [0.3, 0.4) is 0 Å². The smallest absolute Gasteiger partial charge is 0.238 e. The van der Waals surface area contributed by atoms with Crippen LogP contribution in [0, 0.1) is 13.8 Å². The quantitative estimate of drug-likeness (QED) is 0.834. The molecule has 0 radical (unpaired) electrons. The van der Waals surface area contributed by atoms with Gasteiger partial charge in [-0.15, -0.1) is 0 Å². The average molecular weight is 368 g/mol. The van der Waals surface area contributed by atoms with Gasteiger partial charge in [0.05, 0.1) is 20.8 Å². The van der Waals surface area contributed by atoms with Crippen LogP contribution in [-0.2, 0) is 4.79 Å². The summed E-state index contributed by atoms with van der Waals surface area (Å²) in [6.07, 6.45) is 2.06. The number of ether oxygens (including phenoxy) is 2. The van der Waals surface area contributed by atoms with Gasteiger partial charge >= 0.3 is 0 Å². The van der Waals surface area contributed by atoms with Crippen molar-refractivity contribution in [2.45, 2.75) is 32.7 Å². The first-order valence-electron chi connectivity index (χ1n) is 9.35. The summed E-state index contributed by atoms with van der Waals surface area (Å²) in [6, 6.07) is 12.0. The van der Waals surface area contributed by atoms with E-state index in [0.29, 0.717) is 6.54 Å². The Hall–Kier alpha value is -2.53. The summed E-state index contributed by atoms with van der Waals surface area (Å²) in [4.78, 5) is 14.8. The van der Waals surface area contributed by atoms with Gasteiger partial charge < -0.3 is 14.8 Å². The lowest BCUT2D eigenvalue weighted by molar-refractivity contribution is -0.117. The highest BCUT2D eigenvalue weighted by atomic mass is 16.5. The number of likely N-dealkylation sites (tertiary alicyclic amines) is 1. The monoisotopic (exact) mass is 368 g/mol. The highest BCUT2D eigenvalue weighted by Crippen LogP contribution is 2.38. The third-order valence-corrected chi connectivity index (χ3v) is 5.30. The van der Waals surface area contributed by atoms with Crippen LogP contribution in [0.4, 0.5) is 5.69 Å². The van der Waals surface area contributed by atoms with E-state index < -0.39 is 0 Å². The zero-order chi connectivity index (χ0) is 19.4. The maximum atomic E-state index is 12.6. The second-order valence-electron chi connectivity index (χ2n) is 7.08. The molecule has 0 saturated carbocycles. The molecule has 0 unspecified atom stereocenters. The molecule has 5 heteroatoms. The molecule has 1 aliphatic rings. The van der Waals surface area contributed by atoms with E-state index in [0.717, 1.165) is 42.1 Å². The number of nitrogens with zero attached hydrogens (tertiary/aromatic N) is 1. The Kier molecular flexibility index (Phi) is 6.01. The average Bonchev–Trinajstić information content (AvgIpc) is 3.11. The molecule has 0 aromatic heterocycles. The Bertz CT molecular complexity index is 819. The second-order valence-corrected chi connectivity index (χ2v) is 7.08. The lowest BCUT2D eigenvalue weighted by atomic mass is 10.0. The number of amides is 1. The SMILES string of the molecule is COc1ccc(OC)c([C@@H]2CCCN2CC(=O)Nc2ccc(C)c(C)c2)c1. The van der Waals surface area contributed by atoms with Gasteiger partial charge in [0.1, 0.15) is 11.5 Å². The third kappa shape index (κ3) is 4.42. The number of methoxy groups -OCH3 is 2. The van der Waals surface area contributed by atoms with Crippen LogP contribution in [-0.4, -0.2) is 38.1 Å². The molecule has 1 N–H and O–H groups in total. The number of rotatable bonds is 6. The molecule has 1 atom stereocenters. The number of aryl methyl sites for hydroxylation is 2. The molecule has 2 aromatic rings. The Balaban J connectivity index is 1.73. The van der Waals surface area contributed by atoms with E-state index in [1.807, 2.05) is 36.4 Å². The molecule has 1 aliphatic heterocycles. The van der Waals surface area contributed by atoms with Crippen LogP contribution in [0.1, 0.15) is 35.6 Å². The molecule has 1 saturated heterocycles. The molecule has 1 amide bonds. The molecule has 144 valence electrons. The highest BCUT2D eigenvalue weighted by molar-refractivity contribution is 5.92. The van der Waals surface area contributed by atoms with E-state index in [1.165, 1.54) is 11.1 Å². The van der Waals surface area contributed by atoms with E-state index in [4.69, 9.17) is 9.47 Å². The van der Waals surface area contributed by atoms with Gasteiger partial charge in [-0.3, -0.25) is 9.69 Å². The minimum atomic E-state index is 0.00650. The molecule has 2 aromatic carbocycles. The number of anilines is 1. The van der Waals surface area contributed by atoms with Crippen LogP contribution in [0.5, 0.6) is 11.5 Å². The van der Waals surface area contributed by atoms with Crippen LogP contribution < -0.4 is 14.8 Å². The summed E-state index contributed by atoms with van der Waals surface area (Å²) in [6.45, 7) is 5.37. The highest BCUT2D eigenvalue weighted by Gasteiger charge is 2.30. The van der Waals surface area contributed by atoms with Crippen molar-refractivity contribution in [2.24, 2.45) is 0 Å². The standard InChI is InChI=1S/C22H28N2O3/c1-15-7-8-17(12-16(15)2)23-22(25)14-24-11-5-6-20(24)19-13-18(26-3)9-10-21(19)27-4/h7-10,12-13,20H,5-6,11,14H2,1-4H3,(H,23,25)/t20-/m0/s1. The molecular formula is C22H28N2O3. The lowest BCUT2D eigenvalue weighted by Crippen LogP contribution is -2.33. The summed E-state index contributed by atoms with van der Waals surface area (Å²) in [5.74, 6) is 1.64. The van der Waals surface area contributed by atoms with E-state index in [-0.39, 0.29) is 11.9 Å². The Labute approximate surface area is 161 Å². The number of hydrogen-bond donors (Lipinski definition) is 1. The summed E-state index contributed by atoms with van der Waals surface area (Å²) < 4.78 is 10.9. The normalized spacial score (nSPS) is 17.0. The van der Waals surface area contributed by atoms with Gasteiger partial charge in [-0.05, 0) is 74.7 Å². The molecule has 1 heterocycles. The van der Waals surface area contributed by atoms with Gasteiger partial charge in [0.15, 0.2) is 0 Å². The largest absolute Gasteiger partial charge is 0.497 e. The second kappa shape index (κ2) is 8.44. The predicted octanol–water partition coefficient (Wildman–Crippen LogP) is 4.10. The number of carbonyl (C=O) groups is 1. The molecule has 1 fully saturated rings. The van der Waals surface area contributed by atoms with Crippen molar-refractivity contribution in [1.82, 2.24) is 4.90 Å². The maximum absolute atomic E-state index is 12.6. The summed E-state index contributed by atoms with van der Waals surface area (Å²) in [5, 5.41) is 3.02. The summed E-state index contributed by atoms with van der Waals surface area (Å²) >= 11 is 0.